The van der Waals surface area contributed by atoms with Crippen molar-refractivity contribution in [3.05, 3.63) is 59.2 Å². The number of piperazine rings is 1. The van der Waals surface area contributed by atoms with Crippen LogP contribution in [0.4, 0.5) is 5.69 Å². The van der Waals surface area contributed by atoms with Gasteiger partial charge >= 0.3 is 0 Å². The molecule has 0 spiro atoms. The lowest BCUT2D eigenvalue weighted by Crippen LogP contribution is -2.53. The Hall–Kier alpha value is -2.38. The molecule has 2 heterocycles. The predicted octanol–water partition coefficient (Wildman–Crippen LogP) is 3.36. The molecule has 2 aromatic carbocycles. The molecular weight excluding hydrogens is 422 g/mol. The number of sulfonamides is 1. The van der Waals surface area contributed by atoms with Crippen LogP contribution in [0.5, 0.6) is 0 Å². The molecule has 1 amide bonds. The molecule has 2 saturated heterocycles. The number of carbonyl (C=O) groups is 1. The van der Waals surface area contributed by atoms with E-state index in [4.69, 9.17) is 0 Å². The van der Waals surface area contributed by atoms with Gasteiger partial charge in [0.25, 0.3) is 0 Å². The van der Waals surface area contributed by atoms with Crippen molar-refractivity contribution in [2.45, 2.75) is 38.5 Å². The zero-order valence-corrected chi connectivity index (χ0v) is 20.1. The highest BCUT2D eigenvalue weighted by Gasteiger charge is 2.36. The Bertz CT molecular complexity index is 1070. The highest BCUT2D eigenvalue weighted by Crippen LogP contribution is 2.27. The molecule has 6 nitrogen and oxygen atoms in total. The van der Waals surface area contributed by atoms with Gasteiger partial charge in [-0.25, -0.2) is 8.42 Å². The van der Waals surface area contributed by atoms with Crippen LogP contribution in [0.15, 0.2) is 47.4 Å². The van der Waals surface area contributed by atoms with Crippen LogP contribution in [0.2, 0.25) is 0 Å². The third-order valence-corrected chi connectivity index (χ3v) is 8.78. The molecule has 2 fully saturated rings. The molecule has 0 radical (unpaired) electrons. The maximum absolute atomic E-state index is 13.3. The van der Waals surface area contributed by atoms with Crippen LogP contribution in [0.1, 0.15) is 29.5 Å². The molecule has 0 aliphatic carbocycles. The number of piperidine rings is 1. The number of rotatable bonds is 4. The summed E-state index contributed by atoms with van der Waals surface area (Å²) in [6, 6.07) is 13.3. The second-order valence-electron chi connectivity index (χ2n) is 9.05. The van der Waals surface area contributed by atoms with E-state index < -0.39 is 10.0 Å². The molecule has 1 atom stereocenters. The quantitative estimate of drug-likeness (QED) is 0.709. The lowest BCUT2D eigenvalue weighted by atomic mass is 9.97. The summed E-state index contributed by atoms with van der Waals surface area (Å²) in [4.78, 5) is 17.8. The van der Waals surface area contributed by atoms with Gasteiger partial charge in [0.15, 0.2) is 0 Å². The van der Waals surface area contributed by atoms with Crippen molar-refractivity contribution in [2.24, 2.45) is 5.92 Å². The smallest absolute Gasteiger partial charge is 0.243 e. The van der Waals surface area contributed by atoms with E-state index in [9.17, 15) is 13.2 Å². The molecule has 0 saturated carbocycles. The normalized spacial score (nSPS) is 20.4. The van der Waals surface area contributed by atoms with Gasteiger partial charge in [-0.15, -0.1) is 0 Å². The first-order chi connectivity index (χ1) is 15.3. The molecular formula is C25H33N3O3S. The van der Waals surface area contributed by atoms with Gasteiger partial charge in [-0.05, 0) is 62.9 Å². The first-order valence-electron chi connectivity index (χ1n) is 11.4. The molecule has 2 aliphatic rings. The molecule has 0 N–H and O–H groups in total. The minimum absolute atomic E-state index is 0.0921. The minimum atomic E-state index is -3.58. The van der Waals surface area contributed by atoms with E-state index in [2.05, 4.69) is 36.9 Å². The summed E-state index contributed by atoms with van der Waals surface area (Å²) in [7, 11) is -3.58. The number of amides is 1. The summed E-state index contributed by atoms with van der Waals surface area (Å²) in [5, 5.41) is 0. The lowest BCUT2D eigenvalue weighted by molar-refractivity contribution is -0.137. The topological polar surface area (TPSA) is 60.9 Å². The van der Waals surface area contributed by atoms with Gasteiger partial charge in [-0.2, -0.15) is 4.31 Å². The fourth-order valence-corrected chi connectivity index (χ4v) is 6.25. The van der Waals surface area contributed by atoms with E-state index in [1.54, 1.807) is 12.1 Å². The Labute approximate surface area is 191 Å². The molecule has 0 aromatic heterocycles. The van der Waals surface area contributed by atoms with E-state index in [1.807, 2.05) is 24.0 Å². The molecule has 0 bridgehead atoms. The molecule has 2 aliphatic heterocycles. The van der Waals surface area contributed by atoms with Crippen LogP contribution in [0, 0.1) is 26.7 Å². The molecule has 7 heteroatoms. The molecule has 0 unspecified atom stereocenters. The van der Waals surface area contributed by atoms with Crippen LogP contribution in [0.25, 0.3) is 0 Å². The van der Waals surface area contributed by atoms with Crippen molar-refractivity contribution in [2.75, 3.05) is 44.2 Å². The van der Waals surface area contributed by atoms with Crippen molar-refractivity contribution in [3.63, 3.8) is 0 Å². The largest absolute Gasteiger partial charge is 0.368 e. The zero-order valence-electron chi connectivity index (χ0n) is 19.3. The van der Waals surface area contributed by atoms with Crippen molar-refractivity contribution >= 4 is 21.6 Å². The number of hydrogen-bond acceptors (Lipinski definition) is 4. The summed E-state index contributed by atoms with van der Waals surface area (Å²) in [5.74, 6) is -0.175. The van der Waals surface area contributed by atoms with Crippen LogP contribution in [-0.2, 0) is 14.8 Å². The molecule has 32 heavy (non-hydrogen) atoms. The third kappa shape index (κ3) is 4.55. The third-order valence-electron chi connectivity index (χ3n) is 6.90. The molecule has 2 aromatic rings. The Balaban J connectivity index is 1.40. The minimum Gasteiger partial charge on any atom is -0.368 e. The Morgan fingerprint density at radius 1 is 0.906 bits per heavy atom. The molecule has 4 rings (SSSR count). The van der Waals surface area contributed by atoms with Gasteiger partial charge in [0.1, 0.15) is 0 Å². The Morgan fingerprint density at radius 3 is 2.28 bits per heavy atom. The van der Waals surface area contributed by atoms with Crippen LogP contribution < -0.4 is 4.90 Å². The second-order valence-corrected chi connectivity index (χ2v) is 11.0. The van der Waals surface area contributed by atoms with Gasteiger partial charge in [0, 0.05) is 45.0 Å². The Kier molecular flexibility index (Phi) is 6.58. The fraction of sp³-hybridized carbons (Fsp3) is 0.480. The van der Waals surface area contributed by atoms with Crippen molar-refractivity contribution in [1.29, 1.82) is 0 Å². The predicted molar refractivity (Wildman–Crippen MR) is 127 cm³/mol. The fourth-order valence-electron chi connectivity index (χ4n) is 4.73. The van der Waals surface area contributed by atoms with Crippen molar-refractivity contribution < 1.29 is 13.2 Å². The highest BCUT2D eigenvalue weighted by atomic mass is 32.2. The van der Waals surface area contributed by atoms with Crippen LogP contribution in [-0.4, -0.2) is 62.8 Å². The number of nitrogens with zero attached hydrogens (tertiary/aromatic N) is 3. The van der Waals surface area contributed by atoms with Crippen molar-refractivity contribution in [3.8, 4) is 0 Å². The van der Waals surface area contributed by atoms with Gasteiger partial charge < -0.3 is 9.80 Å². The zero-order chi connectivity index (χ0) is 22.9. The summed E-state index contributed by atoms with van der Waals surface area (Å²) in [5.41, 5.74) is 4.83. The number of carbonyl (C=O) groups excluding carboxylic acids is 1. The SMILES string of the molecule is Cc1ccc(S(=O)(=O)N2CCC[C@@H](C(=O)N3CCN(c4cccc(C)c4C)CC3)C2)cc1. The molecule has 172 valence electrons. The first kappa shape index (κ1) is 22.8. The van der Waals surface area contributed by atoms with Gasteiger partial charge in [-0.1, -0.05) is 29.8 Å². The van der Waals surface area contributed by atoms with E-state index in [-0.39, 0.29) is 18.4 Å². The first-order valence-corrected chi connectivity index (χ1v) is 12.9. The maximum atomic E-state index is 13.3. The number of hydrogen-bond donors (Lipinski definition) is 0. The summed E-state index contributed by atoms with van der Waals surface area (Å²) in [6.45, 7) is 9.90. The number of benzene rings is 2. The standard InChI is InChI=1S/C25H33N3O3S/c1-19-9-11-23(12-10-19)32(30,31)28-13-5-7-22(18-28)25(29)27-16-14-26(15-17-27)24-8-4-6-20(2)21(24)3/h4,6,8-12,22H,5,7,13-18H2,1-3H3/t22-/m1/s1. The highest BCUT2D eigenvalue weighted by molar-refractivity contribution is 7.89. The van der Waals surface area contributed by atoms with E-state index in [1.165, 1.54) is 21.1 Å². The Morgan fingerprint density at radius 2 is 1.59 bits per heavy atom. The number of aryl methyl sites for hydroxylation is 2. The van der Waals surface area contributed by atoms with E-state index >= 15 is 0 Å². The average molecular weight is 456 g/mol. The van der Waals surface area contributed by atoms with E-state index in [0.717, 1.165) is 25.1 Å². The maximum Gasteiger partial charge on any atom is 0.243 e. The van der Waals surface area contributed by atoms with E-state index in [0.29, 0.717) is 31.0 Å². The monoisotopic (exact) mass is 455 g/mol. The number of anilines is 1. The summed E-state index contributed by atoms with van der Waals surface area (Å²) < 4.78 is 27.7. The van der Waals surface area contributed by atoms with Crippen LogP contribution >= 0.6 is 0 Å². The summed E-state index contributed by atoms with van der Waals surface area (Å²) >= 11 is 0. The van der Waals surface area contributed by atoms with Gasteiger partial charge in [0.05, 0.1) is 10.8 Å². The average Bonchev–Trinajstić information content (AvgIpc) is 2.81. The lowest BCUT2D eigenvalue weighted by Gasteiger charge is -2.40. The van der Waals surface area contributed by atoms with Gasteiger partial charge in [-0.3, -0.25) is 4.79 Å². The van der Waals surface area contributed by atoms with Crippen LogP contribution in [0.3, 0.4) is 0 Å². The summed E-state index contributed by atoms with van der Waals surface area (Å²) in [6.07, 6.45) is 1.46. The second kappa shape index (κ2) is 9.24. The van der Waals surface area contributed by atoms with Crippen molar-refractivity contribution in [1.82, 2.24) is 9.21 Å². The van der Waals surface area contributed by atoms with Gasteiger partial charge in [0.2, 0.25) is 15.9 Å².